The van der Waals surface area contributed by atoms with Crippen LogP contribution in [0.4, 0.5) is 12.0 Å². The molecule has 150 valence electrons. The molecule has 2 fully saturated rings. The molecular weight excluding hydrogens is 370 g/mol. The number of amides is 1. The van der Waals surface area contributed by atoms with E-state index in [1.165, 1.54) is 0 Å². The van der Waals surface area contributed by atoms with Crippen molar-refractivity contribution < 1.29 is 9.21 Å². The fraction of sp³-hybridized carbons (Fsp3) is 0.450. The first kappa shape index (κ1) is 17.8. The number of hydrogen-bond acceptors (Lipinski definition) is 8. The molecule has 0 radical (unpaired) electrons. The van der Waals surface area contributed by atoms with Crippen molar-refractivity contribution in [3.8, 4) is 0 Å². The molecule has 9 heteroatoms. The summed E-state index contributed by atoms with van der Waals surface area (Å²) in [6.45, 7) is 4.50. The number of piperidine rings is 1. The van der Waals surface area contributed by atoms with E-state index in [-0.39, 0.29) is 11.8 Å². The van der Waals surface area contributed by atoms with Crippen molar-refractivity contribution in [3.05, 3.63) is 36.8 Å². The van der Waals surface area contributed by atoms with Crippen LogP contribution in [0.15, 0.2) is 41.2 Å². The summed E-state index contributed by atoms with van der Waals surface area (Å²) in [4.78, 5) is 36.5. The molecule has 0 unspecified atom stereocenters. The number of carbonyl (C=O) groups excluding carboxylic acids is 1. The fourth-order valence-electron chi connectivity index (χ4n) is 4.05. The molecule has 2 saturated heterocycles. The van der Waals surface area contributed by atoms with Crippen LogP contribution >= 0.6 is 0 Å². The molecule has 2 aliphatic heterocycles. The third-order valence-electron chi connectivity index (χ3n) is 5.69. The predicted octanol–water partition coefficient (Wildman–Crippen LogP) is 1.58. The zero-order valence-corrected chi connectivity index (χ0v) is 16.1. The Hall–Kier alpha value is -3.23. The molecule has 5 heterocycles. The van der Waals surface area contributed by atoms with E-state index in [1.807, 2.05) is 23.1 Å². The van der Waals surface area contributed by atoms with E-state index in [2.05, 4.69) is 29.7 Å². The number of fused-ring (bicyclic) bond motifs is 1. The lowest BCUT2D eigenvalue weighted by atomic mass is 9.95. The van der Waals surface area contributed by atoms with Gasteiger partial charge in [0.05, 0.1) is 0 Å². The van der Waals surface area contributed by atoms with Crippen molar-refractivity contribution in [2.24, 2.45) is 5.92 Å². The second-order valence-corrected chi connectivity index (χ2v) is 7.44. The molecule has 0 N–H and O–H groups in total. The van der Waals surface area contributed by atoms with Crippen molar-refractivity contribution in [2.45, 2.75) is 12.8 Å². The molecule has 2 aliphatic rings. The van der Waals surface area contributed by atoms with Crippen LogP contribution in [0.3, 0.4) is 0 Å². The van der Waals surface area contributed by atoms with E-state index >= 15 is 0 Å². The van der Waals surface area contributed by atoms with Crippen LogP contribution in [0.5, 0.6) is 0 Å². The Labute approximate surface area is 168 Å². The highest BCUT2D eigenvalue weighted by Gasteiger charge is 2.32. The highest BCUT2D eigenvalue weighted by atomic mass is 16.4. The maximum absolute atomic E-state index is 13.0. The number of pyridine rings is 1. The van der Waals surface area contributed by atoms with Gasteiger partial charge in [-0.05, 0) is 31.0 Å². The summed E-state index contributed by atoms with van der Waals surface area (Å²) < 4.78 is 5.81. The van der Waals surface area contributed by atoms with Crippen molar-refractivity contribution in [3.63, 3.8) is 0 Å². The van der Waals surface area contributed by atoms with Gasteiger partial charge in [0.2, 0.25) is 17.5 Å². The maximum Gasteiger partial charge on any atom is 0.299 e. The fourth-order valence-corrected chi connectivity index (χ4v) is 4.05. The lowest BCUT2D eigenvalue weighted by Gasteiger charge is -2.38. The summed E-state index contributed by atoms with van der Waals surface area (Å²) in [5.41, 5.74) is 1.32. The number of aromatic nitrogens is 4. The van der Waals surface area contributed by atoms with Gasteiger partial charge in [-0.1, -0.05) is 0 Å². The minimum Gasteiger partial charge on any atom is -0.422 e. The molecule has 9 nitrogen and oxygen atoms in total. The average Bonchev–Trinajstić information content (AvgIpc) is 3.24. The first-order chi connectivity index (χ1) is 14.3. The van der Waals surface area contributed by atoms with Crippen LogP contribution in [0, 0.1) is 5.92 Å². The number of rotatable bonds is 3. The molecule has 29 heavy (non-hydrogen) atoms. The zero-order chi connectivity index (χ0) is 19.6. The quantitative estimate of drug-likeness (QED) is 0.662. The number of nitrogens with zero attached hydrogens (tertiary/aromatic N) is 7. The first-order valence-electron chi connectivity index (χ1n) is 10.1. The number of hydrogen-bond donors (Lipinski definition) is 0. The third-order valence-corrected chi connectivity index (χ3v) is 5.69. The van der Waals surface area contributed by atoms with Gasteiger partial charge in [0.1, 0.15) is 0 Å². The predicted molar refractivity (Wildman–Crippen MR) is 108 cm³/mol. The highest BCUT2D eigenvalue weighted by Crippen LogP contribution is 2.27. The van der Waals surface area contributed by atoms with E-state index in [1.54, 1.807) is 18.6 Å². The highest BCUT2D eigenvalue weighted by molar-refractivity contribution is 5.79. The summed E-state index contributed by atoms with van der Waals surface area (Å²) >= 11 is 0. The SMILES string of the molecule is O=C(C1CCN(c2nc3ncccc3o2)CC1)N1CCN(c2ncccn2)CC1. The molecule has 5 rings (SSSR count). The van der Waals surface area contributed by atoms with Gasteiger partial charge in [0, 0.05) is 63.8 Å². The molecular formula is C20H23N7O2. The Morgan fingerprint density at radius 1 is 0.897 bits per heavy atom. The summed E-state index contributed by atoms with van der Waals surface area (Å²) in [7, 11) is 0. The third kappa shape index (κ3) is 3.59. The van der Waals surface area contributed by atoms with E-state index in [0.717, 1.165) is 45.0 Å². The lowest BCUT2D eigenvalue weighted by molar-refractivity contribution is -0.136. The Balaban J connectivity index is 1.15. The number of carbonyl (C=O) groups is 1. The Morgan fingerprint density at radius 3 is 2.34 bits per heavy atom. The van der Waals surface area contributed by atoms with Gasteiger partial charge < -0.3 is 19.1 Å². The van der Waals surface area contributed by atoms with Crippen LogP contribution in [0.1, 0.15) is 12.8 Å². The van der Waals surface area contributed by atoms with Crippen LogP contribution < -0.4 is 9.80 Å². The standard InChI is InChI=1S/C20H23N7O2/c28-18(25-11-13-26(14-12-25)19-22-7-2-8-23-19)15-4-9-27(10-5-15)20-24-17-16(29-20)3-1-6-21-17/h1-3,6-8,15H,4-5,9-14H2. The van der Waals surface area contributed by atoms with E-state index < -0.39 is 0 Å². The normalized spacial score (nSPS) is 18.4. The molecule has 0 saturated carbocycles. The van der Waals surface area contributed by atoms with Crippen molar-refractivity contribution in [2.75, 3.05) is 49.1 Å². The van der Waals surface area contributed by atoms with E-state index in [0.29, 0.717) is 30.3 Å². The van der Waals surface area contributed by atoms with Gasteiger partial charge in [-0.15, -0.1) is 0 Å². The van der Waals surface area contributed by atoms with Crippen molar-refractivity contribution in [1.29, 1.82) is 0 Å². The van der Waals surface area contributed by atoms with Gasteiger partial charge in [-0.25, -0.2) is 15.0 Å². The summed E-state index contributed by atoms with van der Waals surface area (Å²) in [6, 6.07) is 6.12. The van der Waals surface area contributed by atoms with Gasteiger partial charge in [0.15, 0.2) is 5.58 Å². The second-order valence-electron chi connectivity index (χ2n) is 7.44. The molecule has 0 spiro atoms. The monoisotopic (exact) mass is 393 g/mol. The summed E-state index contributed by atoms with van der Waals surface area (Å²) in [5, 5.41) is 0. The first-order valence-corrected chi connectivity index (χ1v) is 10.1. The largest absolute Gasteiger partial charge is 0.422 e. The van der Waals surface area contributed by atoms with Crippen LogP contribution in [0.25, 0.3) is 11.2 Å². The minimum atomic E-state index is 0.0632. The Morgan fingerprint density at radius 2 is 1.62 bits per heavy atom. The molecule has 1 amide bonds. The van der Waals surface area contributed by atoms with Gasteiger partial charge >= 0.3 is 0 Å². The summed E-state index contributed by atoms with van der Waals surface area (Å²) in [5.74, 6) is 1.06. The molecule has 3 aromatic heterocycles. The van der Waals surface area contributed by atoms with Crippen LogP contribution in [0.2, 0.25) is 0 Å². The number of oxazole rings is 1. The molecule has 0 bridgehead atoms. The Kier molecular flexibility index (Phi) is 4.71. The molecule has 0 aliphatic carbocycles. The number of anilines is 2. The average molecular weight is 393 g/mol. The molecule has 0 aromatic carbocycles. The number of piperazine rings is 1. The van der Waals surface area contributed by atoms with Gasteiger partial charge in [-0.3, -0.25) is 4.79 Å². The topological polar surface area (TPSA) is 91.5 Å². The van der Waals surface area contributed by atoms with Crippen LogP contribution in [-0.4, -0.2) is 70.0 Å². The minimum absolute atomic E-state index is 0.0632. The van der Waals surface area contributed by atoms with Gasteiger partial charge in [0.25, 0.3) is 6.01 Å². The van der Waals surface area contributed by atoms with Crippen molar-refractivity contribution >= 4 is 29.1 Å². The zero-order valence-electron chi connectivity index (χ0n) is 16.1. The smallest absolute Gasteiger partial charge is 0.299 e. The Bertz CT molecular complexity index is 944. The summed E-state index contributed by atoms with van der Waals surface area (Å²) in [6.07, 6.45) is 6.84. The van der Waals surface area contributed by atoms with Crippen LogP contribution in [-0.2, 0) is 4.79 Å². The maximum atomic E-state index is 13.0. The molecule has 3 aromatic rings. The molecule has 0 atom stereocenters. The van der Waals surface area contributed by atoms with E-state index in [4.69, 9.17) is 4.42 Å². The second kappa shape index (κ2) is 7.65. The van der Waals surface area contributed by atoms with Gasteiger partial charge in [-0.2, -0.15) is 4.98 Å². The van der Waals surface area contributed by atoms with Crippen molar-refractivity contribution in [1.82, 2.24) is 24.8 Å². The van der Waals surface area contributed by atoms with E-state index in [9.17, 15) is 4.79 Å². The lowest BCUT2D eigenvalue weighted by Crippen LogP contribution is -2.52.